The quantitative estimate of drug-likeness (QED) is 0.229. The fourth-order valence-electron chi connectivity index (χ4n) is 4.34. The van der Waals surface area contributed by atoms with Crippen molar-refractivity contribution in [3.8, 4) is 17.3 Å². The van der Waals surface area contributed by atoms with Gasteiger partial charge in [-0.3, -0.25) is 4.79 Å². The Morgan fingerprint density at radius 2 is 1.81 bits per heavy atom. The van der Waals surface area contributed by atoms with Gasteiger partial charge >= 0.3 is 6.18 Å². The first kappa shape index (κ1) is 30.2. The van der Waals surface area contributed by atoms with Crippen LogP contribution < -0.4 is 25.0 Å². The number of likely N-dealkylation sites (N-methyl/N-ethyl adjacent to an activating group) is 2. The third-order valence-corrected chi connectivity index (χ3v) is 6.52. The molecule has 1 amide bonds. The molecule has 0 atom stereocenters. The zero-order chi connectivity index (χ0) is 30.6. The van der Waals surface area contributed by atoms with Crippen molar-refractivity contribution in [3.63, 3.8) is 0 Å². The minimum Gasteiger partial charge on any atom is -0.496 e. The Kier molecular flexibility index (Phi) is 8.90. The standard InChI is InChI=1S/C29H32F3N7O3/c1-7-26(40)34-20-15-21(25(42-6)16-23(20)38(4)14-13-37(2)3)35-28-33-17-19(29(30,31)32)27(36-28)39-12-11-18-22(39)9-8-10-24(18)41-5/h7-12,15-17H,1,13-14H2,2-6H3,(H,34,40)(H,33,35,36). The van der Waals surface area contributed by atoms with Gasteiger partial charge < -0.3 is 34.5 Å². The number of halogens is 3. The topological polar surface area (TPSA) is 96.8 Å². The number of alkyl halides is 3. The van der Waals surface area contributed by atoms with Crippen molar-refractivity contribution in [1.29, 1.82) is 0 Å². The second-order valence-electron chi connectivity index (χ2n) is 9.62. The molecule has 222 valence electrons. The van der Waals surface area contributed by atoms with Gasteiger partial charge in [0.2, 0.25) is 11.9 Å². The summed E-state index contributed by atoms with van der Waals surface area (Å²) < 4.78 is 54.6. The molecule has 13 heteroatoms. The van der Waals surface area contributed by atoms with Crippen molar-refractivity contribution < 1.29 is 27.4 Å². The first-order chi connectivity index (χ1) is 20.0. The number of hydrogen-bond donors (Lipinski definition) is 2. The largest absolute Gasteiger partial charge is 0.496 e. The van der Waals surface area contributed by atoms with E-state index in [1.54, 1.807) is 36.4 Å². The Balaban J connectivity index is 1.81. The van der Waals surface area contributed by atoms with Crippen LogP contribution in [-0.2, 0) is 11.0 Å². The first-order valence-electron chi connectivity index (χ1n) is 12.8. The van der Waals surface area contributed by atoms with Gasteiger partial charge in [0.25, 0.3) is 0 Å². The molecule has 2 aromatic heterocycles. The number of anilines is 4. The Morgan fingerprint density at radius 1 is 1.07 bits per heavy atom. The Bertz CT molecular complexity index is 1600. The summed E-state index contributed by atoms with van der Waals surface area (Å²) >= 11 is 0. The van der Waals surface area contributed by atoms with Gasteiger partial charge in [-0.1, -0.05) is 12.6 Å². The molecule has 2 heterocycles. The Labute approximate surface area is 241 Å². The van der Waals surface area contributed by atoms with Gasteiger partial charge in [0, 0.05) is 44.0 Å². The highest BCUT2D eigenvalue weighted by Crippen LogP contribution is 2.39. The molecule has 2 N–H and O–H groups in total. The number of benzene rings is 2. The minimum atomic E-state index is -4.72. The summed E-state index contributed by atoms with van der Waals surface area (Å²) in [4.78, 5) is 24.5. The summed E-state index contributed by atoms with van der Waals surface area (Å²) in [6, 6.07) is 10.1. The molecule has 42 heavy (non-hydrogen) atoms. The number of rotatable bonds is 11. The molecule has 4 aromatic rings. The fraction of sp³-hybridized carbons (Fsp3) is 0.276. The molecular weight excluding hydrogens is 551 g/mol. The summed E-state index contributed by atoms with van der Waals surface area (Å²) in [5.74, 6) is -0.0456. The lowest BCUT2D eigenvalue weighted by Crippen LogP contribution is -2.29. The zero-order valence-electron chi connectivity index (χ0n) is 23.9. The number of hydrogen-bond acceptors (Lipinski definition) is 8. The van der Waals surface area contributed by atoms with Crippen LogP contribution >= 0.6 is 0 Å². The smallest absolute Gasteiger partial charge is 0.421 e. The fourth-order valence-corrected chi connectivity index (χ4v) is 4.34. The Hall–Kier alpha value is -4.78. The molecule has 0 unspecified atom stereocenters. The van der Waals surface area contributed by atoms with E-state index in [0.717, 1.165) is 18.8 Å². The molecule has 10 nitrogen and oxygen atoms in total. The zero-order valence-corrected chi connectivity index (χ0v) is 23.9. The van der Waals surface area contributed by atoms with E-state index in [1.165, 1.54) is 25.0 Å². The van der Waals surface area contributed by atoms with Crippen molar-refractivity contribution in [2.75, 3.05) is 64.0 Å². The first-order valence-corrected chi connectivity index (χ1v) is 12.8. The summed E-state index contributed by atoms with van der Waals surface area (Å²) in [5.41, 5.74) is 0.876. The third kappa shape index (κ3) is 6.41. The number of amides is 1. The number of aromatic nitrogens is 3. The van der Waals surface area contributed by atoms with Crippen LogP contribution in [0.25, 0.3) is 16.7 Å². The predicted octanol–water partition coefficient (Wildman–Crippen LogP) is 5.32. The van der Waals surface area contributed by atoms with Gasteiger partial charge in [-0.15, -0.1) is 0 Å². The molecule has 4 rings (SSSR count). The second kappa shape index (κ2) is 12.4. The lowest BCUT2D eigenvalue weighted by molar-refractivity contribution is -0.137. The van der Waals surface area contributed by atoms with E-state index in [4.69, 9.17) is 9.47 Å². The predicted molar refractivity (Wildman–Crippen MR) is 157 cm³/mol. The van der Waals surface area contributed by atoms with Gasteiger partial charge in [0.05, 0.1) is 36.8 Å². The summed E-state index contributed by atoms with van der Waals surface area (Å²) in [5, 5.41) is 6.38. The SMILES string of the molecule is C=CC(=O)Nc1cc(Nc2ncc(C(F)(F)F)c(-n3ccc4c(OC)cccc43)n2)c(OC)cc1N(C)CCN(C)C. The Morgan fingerprint density at radius 3 is 2.45 bits per heavy atom. The lowest BCUT2D eigenvalue weighted by Gasteiger charge is -2.26. The second-order valence-corrected chi connectivity index (χ2v) is 9.62. The highest BCUT2D eigenvalue weighted by atomic mass is 19.4. The molecule has 0 aliphatic carbocycles. The van der Waals surface area contributed by atoms with Gasteiger partial charge in [0.15, 0.2) is 5.82 Å². The van der Waals surface area contributed by atoms with Gasteiger partial charge in [-0.25, -0.2) is 4.98 Å². The van der Waals surface area contributed by atoms with E-state index < -0.39 is 17.6 Å². The number of nitrogens with zero attached hydrogens (tertiary/aromatic N) is 5. The van der Waals surface area contributed by atoms with Crippen LogP contribution in [-0.4, -0.2) is 73.8 Å². The molecule has 2 aromatic carbocycles. The minimum absolute atomic E-state index is 0.115. The highest BCUT2D eigenvalue weighted by molar-refractivity contribution is 6.02. The van der Waals surface area contributed by atoms with E-state index in [1.807, 2.05) is 30.9 Å². The lowest BCUT2D eigenvalue weighted by atomic mass is 10.2. The molecule has 0 aliphatic rings. The summed E-state index contributed by atoms with van der Waals surface area (Å²) in [6.45, 7) is 4.90. The maximum atomic E-state index is 14.1. The van der Waals surface area contributed by atoms with Crippen LogP contribution in [0, 0.1) is 0 Å². The van der Waals surface area contributed by atoms with E-state index in [-0.39, 0.29) is 11.8 Å². The van der Waals surface area contributed by atoms with Crippen LogP contribution in [0.15, 0.2) is 61.4 Å². The van der Waals surface area contributed by atoms with Crippen LogP contribution in [0.3, 0.4) is 0 Å². The molecule has 0 saturated carbocycles. The number of fused-ring (bicyclic) bond motifs is 1. The maximum absolute atomic E-state index is 14.1. The molecule has 0 saturated heterocycles. The van der Waals surface area contributed by atoms with Gasteiger partial charge in [0.1, 0.15) is 17.1 Å². The number of carbonyl (C=O) groups is 1. The molecule has 0 aliphatic heterocycles. The maximum Gasteiger partial charge on any atom is 0.421 e. The van der Waals surface area contributed by atoms with Crippen molar-refractivity contribution in [1.82, 2.24) is 19.4 Å². The van der Waals surface area contributed by atoms with E-state index >= 15 is 0 Å². The number of nitrogens with one attached hydrogen (secondary N) is 2. The van der Waals surface area contributed by atoms with E-state index in [2.05, 4.69) is 27.2 Å². The van der Waals surface area contributed by atoms with Crippen molar-refractivity contribution in [3.05, 3.63) is 67.0 Å². The van der Waals surface area contributed by atoms with Gasteiger partial charge in [-0.2, -0.15) is 18.2 Å². The van der Waals surface area contributed by atoms with Crippen molar-refractivity contribution in [2.45, 2.75) is 6.18 Å². The van der Waals surface area contributed by atoms with Crippen LogP contribution in [0.5, 0.6) is 11.5 Å². The van der Waals surface area contributed by atoms with Crippen LogP contribution in [0.4, 0.5) is 36.2 Å². The van der Waals surface area contributed by atoms with Crippen molar-refractivity contribution >= 4 is 39.8 Å². The average Bonchev–Trinajstić information content (AvgIpc) is 3.39. The summed E-state index contributed by atoms with van der Waals surface area (Å²) in [6.07, 6.45) is -1.35. The van der Waals surface area contributed by atoms with Gasteiger partial charge in [-0.05, 0) is 44.4 Å². The van der Waals surface area contributed by atoms with Crippen LogP contribution in [0.2, 0.25) is 0 Å². The molecule has 0 spiro atoms. The van der Waals surface area contributed by atoms with E-state index in [0.29, 0.717) is 46.0 Å². The molecule has 0 radical (unpaired) electrons. The van der Waals surface area contributed by atoms with E-state index in [9.17, 15) is 18.0 Å². The molecule has 0 bridgehead atoms. The molecule has 0 fully saturated rings. The monoisotopic (exact) mass is 583 g/mol. The number of ether oxygens (including phenoxy) is 2. The summed E-state index contributed by atoms with van der Waals surface area (Å²) in [7, 11) is 8.73. The average molecular weight is 584 g/mol. The van der Waals surface area contributed by atoms with Crippen molar-refractivity contribution in [2.24, 2.45) is 0 Å². The third-order valence-electron chi connectivity index (χ3n) is 6.52. The number of carbonyl (C=O) groups excluding carboxylic acids is 1. The number of methoxy groups -OCH3 is 2. The highest BCUT2D eigenvalue weighted by Gasteiger charge is 2.36. The molecular formula is C29H32F3N7O3. The normalized spacial score (nSPS) is 11.5. The van der Waals surface area contributed by atoms with Crippen LogP contribution in [0.1, 0.15) is 5.56 Å².